The SMILES string of the molecule is CCC(=O)N1CCC(C)(c2ccc(Nc3nc(N4CCC[C@@H](N5CCN(C)C5=O)C4)cnc3C(N)=O)cc2)CC1. The van der Waals surface area contributed by atoms with Crippen molar-refractivity contribution in [2.24, 2.45) is 5.73 Å². The van der Waals surface area contributed by atoms with Crippen LogP contribution in [0.3, 0.4) is 0 Å². The number of primary amides is 1. The van der Waals surface area contributed by atoms with Crippen molar-refractivity contribution in [3.63, 3.8) is 0 Å². The second-order valence-electron chi connectivity index (χ2n) is 11.4. The zero-order chi connectivity index (χ0) is 28.4. The molecule has 3 N–H and O–H groups in total. The standard InChI is InChI=1S/C29H40N8O3/c1-4-24(38)35-14-11-29(2,12-15-35)20-7-9-21(10-8-20)32-27-25(26(30)39)31-18-23(33-27)36-13-5-6-22(19-36)37-17-16-34(3)28(37)40/h7-10,18,22H,4-6,11-17,19H2,1-3H3,(H2,30,39)(H,32,33)/t22-/m1/s1. The highest BCUT2D eigenvalue weighted by atomic mass is 16.2. The Kier molecular flexibility index (Phi) is 7.82. The first-order chi connectivity index (χ1) is 19.2. The number of anilines is 3. The number of benzene rings is 1. The molecule has 0 aliphatic carbocycles. The average Bonchev–Trinajstić information content (AvgIpc) is 3.31. The van der Waals surface area contributed by atoms with E-state index in [0.29, 0.717) is 24.6 Å². The summed E-state index contributed by atoms with van der Waals surface area (Å²) in [5.41, 5.74) is 7.72. The Morgan fingerprint density at radius 2 is 1.82 bits per heavy atom. The summed E-state index contributed by atoms with van der Waals surface area (Å²) in [5.74, 6) is 0.526. The van der Waals surface area contributed by atoms with E-state index in [-0.39, 0.29) is 29.1 Å². The van der Waals surface area contributed by atoms with Gasteiger partial charge in [0, 0.05) is 58.4 Å². The van der Waals surface area contributed by atoms with Gasteiger partial charge in [0.1, 0.15) is 5.82 Å². The molecule has 11 heteroatoms. The minimum Gasteiger partial charge on any atom is -0.364 e. The van der Waals surface area contributed by atoms with Crippen LogP contribution in [-0.2, 0) is 10.2 Å². The maximum atomic E-state index is 12.6. The van der Waals surface area contributed by atoms with Crippen molar-refractivity contribution < 1.29 is 14.4 Å². The molecule has 3 aliphatic heterocycles. The molecule has 3 aliphatic rings. The molecule has 0 spiro atoms. The predicted molar refractivity (Wildman–Crippen MR) is 154 cm³/mol. The molecule has 1 atom stereocenters. The van der Waals surface area contributed by atoms with E-state index in [9.17, 15) is 14.4 Å². The molecule has 0 radical (unpaired) electrons. The van der Waals surface area contributed by atoms with E-state index in [1.54, 1.807) is 11.1 Å². The van der Waals surface area contributed by atoms with Crippen LogP contribution in [0.5, 0.6) is 0 Å². The predicted octanol–water partition coefficient (Wildman–Crippen LogP) is 2.95. The molecule has 11 nitrogen and oxygen atoms in total. The molecule has 1 aromatic carbocycles. The molecule has 0 unspecified atom stereocenters. The molecule has 3 saturated heterocycles. The lowest BCUT2D eigenvalue weighted by Crippen LogP contribution is -2.49. The van der Waals surface area contributed by atoms with Gasteiger partial charge in [0.25, 0.3) is 5.91 Å². The van der Waals surface area contributed by atoms with Gasteiger partial charge in [-0.1, -0.05) is 26.0 Å². The van der Waals surface area contributed by atoms with Crippen molar-refractivity contribution in [2.45, 2.75) is 57.4 Å². The third-order valence-corrected chi connectivity index (χ3v) is 8.77. The fourth-order valence-corrected chi connectivity index (χ4v) is 6.08. The number of hydrogen-bond acceptors (Lipinski definition) is 7. The number of rotatable bonds is 7. The van der Waals surface area contributed by atoms with Crippen LogP contribution >= 0.6 is 0 Å². The van der Waals surface area contributed by atoms with Gasteiger partial charge in [-0.2, -0.15) is 0 Å². The number of nitrogens with two attached hydrogens (primary N) is 1. The number of likely N-dealkylation sites (N-methyl/N-ethyl adjacent to an activating group) is 1. The number of carbonyl (C=O) groups is 3. The Bertz CT molecular complexity index is 1260. The first-order valence-electron chi connectivity index (χ1n) is 14.3. The highest BCUT2D eigenvalue weighted by Gasteiger charge is 2.35. The number of piperidine rings is 2. The lowest BCUT2D eigenvalue weighted by Gasteiger charge is -2.40. The number of nitrogens with zero attached hydrogens (tertiary/aromatic N) is 6. The molecular weight excluding hydrogens is 508 g/mol. The highest BCUT2D eigenvalue weighted by Crippen LogP contribution is 2.36. The number of urea groups is 1. The smallest absolute Gasteiger partial charge is 0.320 e. The maximum Gasteiger partial charge on any atom is 0.320 e. The van der Waals surface area contributed by atoms with Crippen LogP contribution in [0.1, 0.15) is 62.0 Å². The molecule has 3 fully saturated rings. The Morgan fingerprint density at radius 1 is 1.10 bits per heavy atom. The minimum absolute atomic E-state index is 0.00249. The molecule has 2 aromatic rings. The Balaban J connectivity index is 1.30. The van der Waals surface area contributed by atoms with Gasteiger partial charge in [-0.3, -0.25) is 9.59 Å². The quantitative estimate of drug-likeness (QED) is 0.544. The Morgan fingerprint density at radius 3 is 2.45 bits per heavy atom. The van der Waals surface area contributed by atoms with Gasteiger partial charge in [0.2, 0.25) is 5.91 Å². The van der Waals surface area contributed by atoms with Crippen LogP contribution in [0.25, 0.3) is 0 Å². The summed E-state index contributed by atoms with van der Waals surface area (Å²) in [4.78, 5) is 53.7. The number of carbonyl (C=O) groups excluding carboxylic acids is 3. The van der Waals surface area contributed by atoms with Crippen molar-refractivity contribution in [1.29, 1.82) is 0 Å². The number of nitrogens with one attached hydrogen (secondary N) is 1. The lowest BCUT2D eigenvalue weighted by molar-refractivity contribution is -0.132. The van der Waals surface area contributed by atoms with E-state index < -0.39 is 5.91 Å². The average molecular weight is 549 g/mol. The molecule has 40 heavy (non-hydrogen) atoms. The number of hydrogen-bond donors (Lipinski definition) is 2. The second-order valence-corrected chi connectivity index (χ2v) is 11.4. The summed E-state index contributed by atoms with van der Waals surface area (Å²) in [6.45, 7) is 8.64. The van der Waals surface area contributed by atoms with E-state index in [0.717, 1.165) is 64.1 Å². The fourth-order valence-electron chi connectivity index (χ4n) is 6.08. The van der Waals surface area contributed by atoms with Crippen molar-refractivity contribution >= 4 is 35.2 Å². The first kappa shape index (κ1) is 27.7. The van der Waals surface area contributed by atoms with E-state index in [2.05, 4.69) is 34.3 Å². The summed E-state index contributed by atoms with van der Waals surface area (Å²) in [6.07, 6.45) is 5.85. The van der Waals surface area contributed by atoms with Gasteiger partial charge in [0.05, 0.1) is 12.2 Å². The van der Waals surface area contributed by atoms with E-state index in [4.69, 9.17) is 10.7 Å². The highest BCUT2D eigenvalue weighted by molar-refractivity contribution is 5.96. The number of likely N-dealkylation sites (tertiary alicyclic amines) is 1. The third kappa shape index (κ3) is 5.55. The van der Waals surface area contributed by atoms with E-state index >= 15 is 0 Å². The van der Waals surface area contributed by atoms with E-state index in [1.165, 1.54) is 5.56 Å². The molecular formula is C29H40N8O3. The zero-order valence-electron chi connectivity index (χ0n) is 23.7. The fraction of sp³-hybridized carbons (Fsp3) is 0.552. The van der Waals surface area contributed by atoms with Crippen LogP contribution in [0.4, 0.5) is 22.1 Å². The molecule has 0 bridgehead atoms. The summed E-state index contributed by atoms with van der Waals surface area (Å²) in [5, 5.41) is 3.26. The van der Waals surface area contributed by atoms with Crippen LogP contribution in [0.15, 0.2) is 30.5 Å². The van der Waals surface area contributed by atoms with Gasteiger partial charge in [-0.15, -0.1) is 0 Å². The molecule has 4 amide bonds. The summed E-state index contributed by atoms with van der Waals surface area (Å²) >= 11 is 0. The Hall–Kier alpha value is -3.89. The largest absolute Gasteiger partial charge is 0.364 e. The van der Waals surface area contributed by atoms with Gasteiger partial charge < -0.3 is 30.7 Å². The number of aromatic nitrogens is 2. The van der Waals surface area contributed by atoms with E-state index in [1.807, 2.05) is 35.9 Å². The summed E-state index contributed by atoms with van der Waals surface area (Å²) in [7, 11) is 1.83. The Labute approximate surface area is 235 Å². The van der Waals surface area contributed by atoms with Crippen LogP contribution in [0.2, 0.25) is 0 Å². The summed E-state index contributed by atoms with van der Waals surface area (Å²) < 4.78 is 0. The van der Waals surface area contributed by atoms with Crippen molar-refractivity contribution in [3.8, 4) is 0 Å². The third-order valence-electron chi connectivity index (χ3n) is 8.77. The second kappa shape index (κ2) is 11.3. The van der Waals surface area contributed by atoms with Gasteiger partial charge >= 0.3 is 6.03 Å². The molecule has 4 heterocycles. The minimum atomic E-state index is -0.652. The van der Waals surface area contributed by atoms with Crippen LogP contribution < -0.4 is 16.0 Å². The monoisotopic (exact) mass is 548 g/mol. The molecule has 5 rings (SSSR count). The first-order valence-corrected chi connectivity index (χ1v) is 14.3. The lowest BCUT2D eigenvalue weighted by atomic mass is 9.74. The topological polar surface area (TPSA) is 128 Å². The van der Waals surface area contributed by atoms with Gasteiger partial charge in [0.15, 0.2) is 11.5 Å². The summed E-state index contributed by atoms with van der Waals surface area (Å²) in [6, 6.07) is 8.34. The number of amides is 4. The normalized spacial score (nSPS) is 21.1. The molecule has 0 saturated carbocycles. The van der Waals surface area contributed by atoms with Gasteiger partial charge in [-0.25, -0.2) is 14.8 Å². The van der Waals surface area contributed by atoms with Gasteiger partial charge in [-0.05, 0) is 48.8 Å². The van der Waals surface area contributed by atoms with Crippen molar-refractivity contribution in [1.82, 2.24) is 24.7 Å². The van der Waals surface area contributed by atoms with Crippen molar-refractivity contribution in [2.75, 3.05) is 56.5 Å². The maximum absolute atomic E-state index is 12.6. The van der Waals surface area contributed by atoms with Crippen molar-refractivity contribution in [3.05, 3.63) is 41.7 Å². The molecule has 1 aromatic heterocycles. The molecule has 214 valence electrons. The van der Waals surface area contributed by atoms with Crippen LogP contribution in [-0.4, -0.2) is 94.9 Å². The van der Waals surface area contributed by atoms with Crippen LogP contribution in [0, 0.1) is 0 Å². The zero-order valence-corrected chi connectivity index (χ0v) is 23.7.